The van der Waals surface area contributed by atoms with Crippen LogP contribution in [0, 0.1) is 0 Å². The van der Waals surface area contributed by atoms with Gasteiger partial charge in [-0.2, -0.15) is 8.78 Å². The third kappa shape index (κ3) is 2.58. The summed E-state index contributed by atoms with van der Waals surface area (Å²) in [6.07, 6.45) is -3.31. The Kier molecular flexibility index (Phi) is 3.54. The zero-order chi connectivity index (χ0) is 11.6. The van der Waals surface area contributed by atoms with Crippen molar-refractivity contribution in [1.29, 1.82) is 0 Å². The van der Waals surface area contributed by atoms with Crippen LogP contribution in [0.1, 0.15) is 12.8 Å². The molecule has 1 rings (SSSR count). The van der Waals surface area contributed by atoms with Gasteiger partial charge in [0.25, 0.3) is 5.91 Å². The maximum absolute atomic E-state index is 12.4. The van der Waals surface area contributed by atoms with Crippen molar-refractivity contribution in [3.63, 3.8) is 0 Å². The zero-order valence-corrected chi connectivity index (χ0v) is 7.97. The highest BCUT2D eigenvalue weighted by Gasteiger charge is 2.50. The van der Waals surface area contributed by atoms with Gasteiger partial charge in [-0.15, -0.1) is 0 Å². The van der Waals surface area contributed by atoms with Gasteiger partial charge in [0, 0.05) is 13.2 Å². The monoisotopic (exact) mass is 229 g/mol. The Hall–Kier alpha value is -0.850. The summed E-state index contributed by atoms with van der Waals surface area (Å²) < 4.78 is 53.2. The van der Waals surface area contributed by atoms with E-state index in [0.29, 0.717) is 12.8 Å². The molecule has 7 heteroatoms. The van der Waals surface area contributed by atoms with E-state index in [0.717, 1.165) is 0 Å². The van der Waals surface area contributed by atoms with Crippen molar-refractivity contribution in [3.05, 3.63) is 0 Å². The van der Waals surface area contributed by atoms with Crippen LogP contribution in [-0.2, 0) is 9.53 Å². The highest BCUT2D eigenvalue weighted by atomic mass is 19.3. The molecule has 88 valence electrons. The lowest BCUT2D eigenvalue weighted by Crippen LogP contribution is -2.54. The molecule has 15 heavy (non-hydrogen) atoms. The van der Waals surface area contributed by atoms with Crippen LogP contribution in [0.2, 0.25) is 0 Å². The van der Waals surface area contributed by atoms with Crippen molar-refractivity contribution in [2.45, 2.75) is 37.3 Å². The van der Waals surface area contributed by atoms with Gasteiger partial charge in [0.1, 0.15) is 0 Å². The first kappa shape index (κ1) is 12.2. The lowest BCUT2D eigenvalue weighted by atomic mass is 9.89. The number of hydrogen-bond donors (Lipinski definition) is 1. The van der Waals surface area contributed by atoms with Crippen molar-refractivity contribution in [1.82, 2.24) is 5.32 Å². The molecule has 1 amide bonds. The van der Waals surface area contributed by atoms with Gasteiger partial charge in [-0.3, -0.25) is 4.79 Å². The summed E-state index contributed by atoms with van der Waals surface area (Å²) in [7, 11) is 1.45. The molecule has 0 aromatic heterocycles. The Morgan fingerprint density at radius 2 is 2.00 bits per heavy atom. The minimum Gasteiger partial charge on any atom is -0.381 e. The van der Waals surface area contributed by atoms with Crippen LogP contribution >= 0.6 is 0 Å². The van der Waals surface area contributed by atoms with Crippen LogP contribution in [0.3, 0.4) is 0 Å². The maximum Gasteiger partial charge on any atom is 0.383 e. The maximum atomic E-state index is 12.4. The number of carbonyl (C=O) groups is 1. The second kappa shape index (κ2) is 4.34. The Bertz CT molecular complexity index is 241. The Morgan fingerprint density at radius 1 is 1.47 bits per heavy atom. The predicted molar refractivity (Wildman–Crippen MR) is 42.9 cm³/mol. The SMILES string of the molecule is COC1CC(NC(=O)C(F)(F)C(F)F)C1. The summed E-state index contributed by atoms with van der Waals surface area (Å²) in [6.45, 7) is 0. The van der Waals surface area contributed by atoms with Crippen LogP contribution < -0.4 is 5.32 Å². The summed E-state index contributed by atoms with van der Waals surface area (Å²) >= 11 is 0. The van der Waals surface area contributed by atoms with E-state index in [1.807, 2.05) is 5.32 Å². The third-order valence-electron chi connectivity index (χ3n) is 2.34. The van der Waals surface area contributed by atoms with Crippen LogP contribution in [0.25, 0.3) is 0 Å². The molecule has 1 N–H and O–H groups in total. The topological polar surface area (TPSA) is 38.3 Å². The van der Waals surface area contributed by atoms with E-state index in [2.05, 4.69) is 0 Å². The van der Waals surface area contributed by atoms with E-state index in [1.54, 1.807) is 0 Å². The van der Waals surface area contributed by atoms with Crippen molar-refractivity contribution in [2.24, 2.45) is 0 Å². The third-order valence-corrected chi connectivity index (χ3v) is 2.34. The molecule has 0 spiro atoms. The van der Waals surface area contributed by atoms with E-state index < -0.39 is 24.3 Å². The van der Waals surface area contributed by atoms with E-state index >= 15 is 0 Å². The molecule has 1 fully saturated rings. The number of alkyl halides is 4. The Morgan fingerprint density at radius 3 is 2.40 bits per heavy atom. The molecule has 3 nitrogen and oxygen atoms in total. The van der Waals surface area contributed by atoms with E-state index in [-0.39, 0.29) is 6.10 Å². The van der Waals surface area contributed by atoms with Gasteiger partial charge in [0.2, 0.25) is 0 Å². The van der Waals surface area contributed by atoms with Gasteiger partial charge in [0.05, 0.1) is 6.10 Å². The average molecular weight is 229 g/mol. The number of carbonyl (C=O) groups excluding carboxylic acids is 1. The number of amides is 1. The summed E-state index contributed by atoms with van der Waals surface area (Å²) in [6, 6.07) is -0.493. The van der Waals surface area contributed by atoms with Gasteiger partial charge < -0.3 is 10.1 Å². The second-order valence-electron chi connectivity index (χ2n) is 3.42. The van der Waals surface area contributed by atoms with Crippen molar-refractivity contribution in [2.75, 3.05) is 7.11 Å². The van der Waals surface area contributed by atoms with Crippen molar-refractivity contribution in [3.8, 4) is 0 Å². The summed E-state index contributed by atoms with van der Waals surface area (Å²) in [5.74, 6) is -6.53. The molecule has 0 saturated heterocycles. The minimum absolute atomic E-state index is 0.0875. The highest BCUT2D eigenvalue weighted by molar-refractivity contribution is 5.84. The van der Waals surface area contributed by atoms with E-state index in [1.165, 1.54) is 7.11 Å². The standard InChI is InChI=1S/C8H11F4NO2/c1-15-5-2-4(3-5)13-7(14)8(11,12)6(9)10/h4-6H,2-3H2,1H3,(H,13,14). The average Bonchev–Trinajstić information content (AvgIpc) is 2.09. The molecule has 0 aromatic carbocycles. The summed E-state index contributed by atoms with van der Waals surface area (Å²) in [4.78, 5) is 10.7. The smallest absolute Gasteiger partial charge is 0.381 e. The fraction of sp³-hybridized carbons (Fsp3) is 0.875. The highest BCUT2D eigenvalue weighted by Crippen LogP contribution is 2.26. The van der Waals surface area contributed by atoms with Crippen LogP contribution in [0.15, 0.2) is 0 Å². The first-order valence-corrected chi connectivity index (χ1v) is 4.37. The number of nitrogens with one attached hydrogen (secondary N) is 1. The van der Waals surface area contributed by atoms with Crippen LogP contribution in [0.5, 0.6) is 0 Å². The fourth-order valence-electron chi connectivity index (χ4n) is 1.26. The molecule has 0 bridgehead atoms. The molecule has 0 radical (unpaired) electrons. The Balaban J connectivity index is 2.37. The molecule has 1 aliphatic rings. The molecular weight excluding hydrogens is 218 g/mol. The number of rotatable bonds is 4. The molecule has 0 aromatic rings. The molecule has 1 saturated carbocycles. The molecule has 1 aliphatic carbocycles. The molecule has 0 atom stereocenters. The number of ether oxygens (including phenoxy) is 1. The lowest BCUT2D eigenvalue weighted by molar-refractivity contribution is -0.171. The fourth-order valence-corrected chi connectivity index (χ4v) is 1.26. The van der Waals surface area contributed by atoms with Gasteiger partial charge in [-0.05, 0) is 12.8 Å². The summed E-state index contributed by atoms with van der Waals surface area (Å²) in [5, 5.41) is 1.85. The lowest BCUT2D eigenvalue weighted by Gasteiger charge is -2.35. The predicted octanol–water partition coefficient (Wildman–Crippen LogP) is 1.18. The molecule has 0 heterocycles. The first-order valence-electron chi connectivity index (χ1n) is 4.37. The van der Waals surface area contributed by atoms with Crippen molar-refractivity contribution < 1.29 is 27.1 Å². The molecular formula is C8H11F4NO2. The summed E-state index contributed by atoms with van der Waals surface area (Å²) in [5.41, 5.74) is 0. The van der Waals surface area contributed by atoms with Crippen LogP contribution in [0.4, 0.5) is 17.6 Å². The molecule has 0 aliphatic heterocycles. The normalized spacial score (nSPS) is 26.3. The first-order chi connectivity index (χ1) is 6.87. The van der Waals surface area contributed by atoms with Crippen molar-refractivity contribution >= 4 is 5.91 Å². The van der Waals surface area contributed by atoms with Gasteiger partial charge in [-0.1, -0.05) is 0 Å². The quantitative estimate of drug-likeness (QED) is 0.735. The largest absolute Gasteiger partial charge is 0.383 e. The van der Waals surface area contributed by atoms with Gasteiger partial charge in [-0.25, -0.2) is 8.78 Å². The minimum atomic E-state index is -4.61. The van der Waals surface area contributed by atoms with E-state index in [9.17, 15) is 22.4 Å². The zero-order valence-electron chi connectivity index (χ0n) is 7.97. The van der Waals surface area contributed by atoms with Gasteiger partial charge >= 0.3 is 12.3 Å². The van der Waals surface area contributed by atoms with Crippen LogP contribution in [-0.4, -0.2) is 37.5 Å². The van der Waals surface area contributed by atoms with E-state index in [4.69, 9.17) is 4.74 Å². The molecule has 0 unspecified atom stereocenters. The Labute approximate surface area is 83.8 Å². The number of hydrogen-bond acceptors (Lipinski definition) is 2. The second-order valence-corrected chi connectivity index (χ2v) is 3.42. The number of methoxy groups -OCH3 is 1. The van der Waals surface area contributed by atoms with Gasteiger partial charge in [0.15, 0.2) is 0 Å². The number of halogens is 4.